The number of sulfonamides is 1. The molecule has 0 spiro atoms. The van der Waals surface area contributed by atoms with Crippen LogP contribution in [0.4, 0.5) is 0 Å². The second-order valence-electron chi connectivity index (χ2n) is 4.14. The summed E-state index contributed by atoms with van der Waals surface area (Å²) >= 11 is 0. The topological polar surface area (TPSA) is 74.1 Å². The highest BCUT2D eigenvalue weighted by atomic mass is 32.2. The van der Waals surface area contributed by atoms with E-state index in [1.807, 2.05) is 13.8 Å². The number of nitrogens with zero attached hydrogens (tertiary/aromatic N) is 3. The first-order valence-electron chi connectivity index (χ1n) is 5.21. The molecule has 0 aromatic carbocycles. The Hall–Kier alpha value is -1.45. The van der Waals surface area contributed by atoms with Gasteiger partial charge in [0.2, 0.25) is 10.0 Å². The van der Waals surface area contributed by atoms with Crippen LogP contribution in [0.2, 0.25) is 0 Å². The number of rotatable bonds is 4. The van der Waals surface area contributed by atoms with Gasteiger partial charge >= 0.3 is 0 Å². The molecule has 0 saturated carbocycles. The lowest BCUT2D eigenvalue weighted by Gasteiger charge is -2.19. The Morgan fingerprint density at radius 1 is 1.53 bits per heavy atom. The molecule has 0 atom stereocenters. The Morgan fingerprint density at radius 3 is 2.71 bits per heavy atom. The predicted molar refractivity (Wildman–Crippen MR) is 63.6 cm³/mol. The summed E-state index contributed by atoms with van der Waals surface area (Å²) < 4.78 is 25.6. The molecule has 5 nitrogen and oxygen atoms in total. The number of hydrogen-bond donors (Lipinski definition) is 0. The largest absolute Gasteiger partial charge is 0.245 e. The third-order valence-electron chi connectivity index (χ3n) is 2.19. The zero-order chi connectivity index (χ0) is 13.1. The van der Waals surface area contributed by atoms with Crippen molar-refractivity contribution in [1.29, 1.82) is 5.26 Å². The molecule has 0 N–H and O–H groups in total. The van der Waals surface area contributed by atoms with Crippen LogP contribution < -0.4 is 0 Å². The van der Waals surface area contributed by atoms with Gasteiger partial charge in [-0.1, -0.05) is 13.8 Å². The monoisotopic (exact) mass is 253 g/mol. The van der Waals surface area contributed by atoms with Crippen LogP contribution in [0.25, 0.3) is 0 Å². The fourth-order valence-corrected chi connectivity index (χ4v) is 2.89. The van der Waals surface area contributed by atoms with Gasteiger partial charge in [-0.25, -0.2) is 17.7 Å². The zero-order valence-electron chi connectivity index (χ0n) is 10.1. The van der Waals surface area contributed by atoms with E-state index in [4.69, 9.17) is 5.26 Å². The lowest BCUT2D eigenvalue weighted by molar-refractivity contribution is 0.417. The molecule has 0 radical (unpaired) electrons. The summed E-state index contributed by atoms with van der Waals surface area (Å²) in [6.45, 7) is 4.27. The number of pyridine rings is 1. The molecule has 0 aliphatic heterocycles. The van der Waals surface area contributed by atoms with Crippen LogP contribution in [0.1, 0.15) is 19.5 Å². The maximum absolute atomic E-state index is 12.2. The second kappa shape index (κ2) is 5.25. The highest BCUT2D eigenvalue weighted by molar-refractivity contribution is 7.89. The summed E-state index contributed by atoms with van der Waals surface area (Å²) in [5.41, 5.74) is -0.0666. The predicted octanol–water partition coefficient (Wildman–Crippen LogP) is 1.23. The molecule has 0 fully saturated rings. The molecule has 1 aromatic heterocycles. The van der Waals surface area contributed by atoms with E-state index in [0.29, 0.717) is 6.54 Å². The van der Waals surface area contributed by atoms with Crippen LogP contribution in [0.3, 0.4) is 0 Å². The summed E-state index contributed by atoms with van der Waals surface area (Å²) in [6, 6.07) is 4.70. The van der Waals surface area contributed by atoms with Crippen LogP contribution in [0, 0.1) is 17.2 Å². The third kappa shape index (κ3) is 3.02. The van der Waals surface area contributed by atoms with Crippen molar-refractivity contribution in [3.05, 3.63) is 24.0 Å². The maximum Gasteiger partial charge on any atom is 0.245 e. The minimum atomic E-state index is -3.63. The van der Waals surface area contributed by atoms with E-state index < -0.39 is 10.0 Å². The van der Waals surface area contributed by atoms with Crippen molar-refractivity contribution in [1.82, 2.24) is 9.29 Å². The summed E-state index contributed by atoms with van der Waals surface area (Å²) in [5.74, 6) is 0.219. The molecular formula is C11H15N3O2S. The molecule has 0 unspecified atom stereocenters. The molecule has 1 rings (SSSR count). The standard InChI is InChI=1S/C11H15N3O2S/c1-9(2)8-14(3)17(15,16)11-5-4-6-13-10(11)7-12/h4-6,9H,8H2,1-3H3. The van der Waals surface area contributed by atoms with E-state index in [1.165, 1.54) is 29.7 Å². The van der Waals surface area contributed by atoms with Gasteiger partial charge in [0.1, 0.15) is 11.0 Å². The third-order valence-corrected chi connectivity index (χ3v) is 4.04. The first-order chi connectivity index (χ1) is 7.89. The van der Waals surface area contributed by atoms with Gasteiger partial charge in [0.15, 0.2) is 5.69 Å². The summed E-state index contributed by atoms with van der Waals surface area (Å²) in [5, 5.41) is 8.85. The van der Waals surface area contributed by atoms with E-state index in [0.717, 1.165) is 0 Å². The van der Waals surface area contributed by atoms with Crippen molar-refractivity contribution < 1.29 is 8.42 Å². The van der Waals surface area contributed by atoms with Crippen LogP contribution in [-0.2, 0) is 10.0 Å². The van der Waals surface area contributed by atoms with E-state index in [9.17, 15) is 8.42 Å². The maximum atomic E-state index is 12.2. The molecule has 6 heteroatoms. The molecule has 0 aliphatic rings. The lowest BCUT2D eigenvalue weighted by Crippen LogP contribution is -2.31. The molecular weight excluding hydrogens is 238 g/mol. The van der Waals surface area contributed by atoms with Gasteiger partial charge in [-0.2, -0.15) is 5.26 Å². The van der Waals surface area contributed by atoms with Crippen molar-refractivity contribution in [3.63, 3.8) is 0 Å². The van der Waals surface area contributed by atoms with E-state index in [-0.39, 0.29) is 16.5 Å². The van der Waals surface area contributed by atoms with Crippen molar-refractivity contribution in [2.45, 2.75) is 18.7 Å². The SMILES string of the molecule is CC(C)CN(C)S(=O)(=O)c1cccnc1C#N. The number of aromatic nitrogens is 1. The minimum Gasteiger partial charge on any atom is -0.244 e. The molecule has 0 bridgehead atoms. The Labute approximate surface area is 102 Å². The molecule has 0 amide bonds. The van der Waals surface area contributed by atoms with E-state index >= 15 is 0 Å². The molecule has 1 heterocycles. The quantitative estimate of drug-likeness (QED) is 0.809. The summed E-state index contributed by atoms with van der Waals surface area (Å²) in [7, 11) is -2.13. The fourth-order valence-electron chi connectivity index (χ4n) is 1.46. The van der Waals surface area contributed by atoms with Gasteiger partial charge in [-0.05, 0) is 18.1 Å². The lowest BCUT2D eigenvalue weighted by atomic mass is 10.2. The van der Waals surface area contributed by atoms with Crippen LogP contribution in [-0.4, -0.2) is 31.3 Å². The van der Waals surface area contributed by atoms with Gasteiger partial charge in [0, 0.05) is 19.8 Å². The molecule has 0 aliphatic carbocycles. The van der Waals surface area contributed by atoms with Crippen LogP contribution in [0.5, 0.6) is 0 Å². The summed E-state index contributed by atoms with van der Waals surface area (Å²) in [6.07, 6.45) is 1.40. The normalized spacial score (nSPS) is 11.8. The van der Waals surface area contributed by atoms with Gasteiger partial charge in [-0.15, -0.1) is 0 Å². The van der Waals surface area contributed by atoms with Gasteiger partial charge < -0.3 is 0 Å². The van der Waals surface area contributed by atoms with Crippen molar-refractivity contribution >= 4 is 10.0 Å². The van der Waals surface area contributed by atoms with Crippen LogP contribution >= 0.6 is 0 Å². The fraction of sp³-hybridized carbons (Fsp3) is 0.455. The van der Waals surface area contributed by atoms with Crippen LogP contribution in [0.15, 0.2) is 23.2 Å². The first kappa shape index (κ1) is 13.6. The summed E-state index contributed by atoms with van der Waals surface area (Å²) in [4.78, 5) is 3.72. The van der Waals surface area contributed by atoms with Crippen molar-refractivity contribution in [3.8, 4) is 6.07 Å². The molecule has 17 heavy (non-hydrogen) atoms. The Bertz CT molecular complexity index is 532. The van der Waals surface area contributed by atoms with Crippen molar-refractivity contribution in [2.75, 3.05) is 13.6 Å². The molecule has 92 valence electrons. The number of hydrogen-bond acceptors (Lipinski definition) is 4. The Balaban J connectivity index is 3.18. The highest BCUT2D eigenvalue weighted by Gasteiger charge is 2.24. The molecule has 0 saturated heterocycles. The van der Waals surface area contributed by atoms with Crippen molar-refractivity contribution in [2.24, 2.45) is 5.92 Å². The van der Waals surface area contributed by atoms with Gasteiger partial charge in [0.05, 0.1) is 0 Å². The first-order valence-corrected chi connectivity index (χ1v) is 6.65. The highest BCUT2D eigenvalue weighted by Crippen LogP contribution is 2.17. The number of nitriles is 1. The average molecular weight is 253 g/mol. The second-order valence-corrected chi connectivity index (χ2v) is 6.15. The average Bonchev–Trinajstić information content (AvgIpc) is 2.28. The Kier molecular flexibility index (Phi) is 4.21. The zero-order valence-corrected chi connectivity index (χ0v) is 10.9. The minimum absolute atomic E-state index is 0.0364. The van der Waals surface area contributed by atoms with Gasteiger partial charge in [0.25, 0.3) is 0 Å². The Morgan fingerprint density at radius 2 is 2.18 bits per heavy atom. The van der Waals surface area contributed by atoms with E-state index in [1.54, 1.807) is 6.07 Å². The molecule has 1 aromatic rings. The smallest absolute Gasteiger partial charge is 0.244 e. The van der Waals surface area contributed by atoms with E-state index in [2.05, 4.69) is 4.98 Å². The van der Waals surface area contributed by atoms with Gasteiger partial charge in [-0.3, -0.25) is 0 Å².